The highest BCUT2D eigenvalue weighted by atomic mass is 32.2. The molecule has 2 aliphatic heterocycles. The van der Waals surface area contributed by atoms with Gasteiger partial charge in [0, 0.05) is 44.7 Å². The number of fused-ring (bicyclic) bond motifs is 9. The van der Waals surface area contributed by atoms with E-state index < -0.39 is 0 Å². The first-order chi connectivity index (χ1) is 28.8. The minimum Gasteiger partial charge on any atom is -0.456 e. The molecule has 4 aromatic carbocycles. The lowest BCUT2D eigenvalue weighted by Crippen LogP contribution is -2.41. The maximum absolute atomic E-state index is 6.47. The molecule has 5 aliphatic carbocycles. The SMILES string of the molecule is C1=CCC(N2c3ccccc3C3C=CC(C4CC=C(N(c5cccc6oc7ccccc7c56)C5C=CC(C6C=CCC7c8ccccc8SC67)=CC5)CC4)=CC32)C=C1. The number of rotatable bonds is 6. The van der Waals surface area contributed by atoms with Gasteiger partial charge in [-0.25, -0.2) is 0 Å². The van der Waals surface area contributed by atoms with Crippen molar-refractivity contribution in [2.24, 2.45) is 11.8 Å². The third kappa shape index (κ3) is 5.62. The van der Waals surface area contributed by atoms with Crippen LogP contribution in [0.5, 0.6) is 0 Å². The van der Waals surface area contributed by atoms with Gasteiger partial charge in [-0.1, -0.05) is 140 Å². The Morgan fingerprint density at radius 2 is 1.53 bits per heavy atom. The summed E-state index contributed by atoms with van der Waals surface area (Å²) in [4.78, 5) is 6.86. The van der Waals surface area contributed by atoms with Gasteiger partial charge in [0.25, 0.3) is 0 Å². The number of allylic oxidation sites excluding steroid dienone is 10. The molecule has 4 heteroatoms. The van der Waals surface area contributed by atoms with Crippen LogP contribution < -0.4 is 9.80 Å². The molecule has 3 nitrogen and oxygen atoms in total. The first kappa shape index (κ1) is 34.6. The van der Waals surface area contributed by atoms with Crippen LogP contribution in [0.4, 0.5) is 11.4 Å². The number of hydrogen-bond donors (Lipinski definition) is 0. The Hall–Kier alpha value is -5.45. The summed E-state index contributed by atoms with van der Waals surface area (Å²) in [5, 5.41) is 2.98. The van der Waals surface area contributed by atoms with Crippen molar-refractivity contribution < 1.29 is 4.42 Å². The Balaban J connectivity index is 0.861. The average molecular weight is 773 g/mol. The molecule has 286 valence electrons. The van der Waals surface area contributed by atoms with Crippen molar-refractivity contribution in [2.75, 3.05) is 9.80 Å². The van der Waals surface area contributed by atoms with E-state index in [1.54, 1.807) is 5.56 Å². The Bertz CT molecular complexity index is 2700. The molecule has 8 atom stereocenters. The molecule has 0 saturated heterocycles. The Morgan fingerprint density at radius 3 is 2.41 bits per heavy atom. The van der Waals surface area contributed by atoms with Crippen LogP contribution >= 0.6 is 11.8 Å². The number of anilines is 2. The van der Waals surface area contributed by atoms with Crippen LogP contribution in [0.15, 0.2) is 196 Å². The largest absolute Gasteiger partial charge is 0.456 e. The Kier molecular flexibility index (Phi) is 8.42. The number of nitrogens with zero attached hydrogens (tertiary/aromatic N) is 2. The van der Waals surface area contributed by atoms with Crippen LogP contribution in [0.2, 0.25) is 0 Å². The molecule has 12 rings (SSSR count). The number of benzene rings is 4. The lowest BCUT2D eigenvalue weighted by atomic mass is 9.77. The van der Waals surface area contributed by atoms with Crippen LogP contribution in [-0.4, -0.2) is 23.4 Å². The molecule has 0 fully saturated rings. The van der Waals surface area contributed by atoms with E-state index in [0.717, 1.165) is 49.7 Å². The molecular formula is C54H48N2OS. The Morgan fingerprint density at radius 1 is 0.672 bits per heavy atom. The minimum absolute atomic E-state index is 0.223. The van der Waals surface area contributed by atoms with Gasteiger partial charge in [0.05, 0.1) is 29.2 Å². The van der Waals surface area contributed by atoms with Crippen molar-refractivity contribution >= 4 is 45.1 Å². The van der Waals surface area contributed by atoms with E-state index in [-0.39, 0.29) is 6.04 Å². The van der Waals surface area contributed by atoms with Gasteiger partial charge in [0.15, 0.2) is 0 Å². The lowest BCUT2D eigenvalue weighted by Gasteiger charge is -2.39. The number of para-hydroxylation sites is 2. The number of thioether (sulfide) groups is 1. The molecule has 58 heavy (non-hydrogen) atoms. The van der Waals surface area contributed by atoms with Crippen molar-refractivity contribution in [2.45, 2.75) is 78.6 Å². The highest BCUT2D eigenvalue weighted by molar-refractivity contribution is 8.00. The quantitative estimate of drug-likeness (QED) is 0.160. The van der Waals surface area contributed by atoms with E-state index >= 15 is 0 Å². The zero-order chi connectivity index (χ0) is 38.2. The summed E-state index contributed by atoms with van der Waals surface area (Å²) in [6.45, 7) is 0. The molecular weight excluding hydrogens is 725 g/mol. The fraction of sp³-hybridized carbons (Fsp3) is 0.259. The highest BCUT2D eigenvalue weighted by Crippen LogP contribution is 2.54. The summed E-state index contributed by atoms with van der Waals surface area (Å²) in [5.41, 5.74) is 12.0. The van der Waals surface area contributed by atoms with Crippen LogP contribution in [0, 0.1) is 11.8 Å². The van der Waals surface area contributed by atoms with Crippen LogP contribution in [0.3, 0.4) is 0 Å². The van der Waals surface area contributed by atoms with Gasteiger partial charge in [-0.2, -0.15) is 0 Å². The first-order valence-corrected chi connectivity index (χ1v) is 22.4. The summed E-state index contributed by atoms with van der Waals surface area (Å²) < 4.78 is 6.47. The second-order valence-electron chi connectivity index (χ2n) is 17.2. The standard InChI is InChI=1S/C54H48N2OS/c1-2-12-38(13-3-1)56-47-19-7-4-14-42(47)43-33-28-37(34-49(43)56)35-24-29-39(30-25-35)55(48-20-11-22-51-53(48)46-16-5-8-21-50(46)57-51)40-31-26-36(27-32-40)41-17-10-18-45-44-15-6-9-23-52(44)58-54(41)45/h1-12,14-17,19-23,26-29,31,33-35,38,40-41,43,45,49,54H,13,18,24-25,30,32H2. The third-order valence-corrected chi connectivity index (χ3v) is 15.7. The smallest absolute Gasteiger partial charge is 0.137 e. The fourth-order valence-corrected chi connectivity index (χ4v) is 13.0. The van der Waals surface area contributed by atoms with Crippen LogP contribution in [-0.2, 0) is 0 Å². The number of furan rings is 1. The summed E-state index contributed by atoms with van der Waals surface area (Å²) in [6, 6.07) is 34.4. The summed E-state index contributed by atoms with van der Waals surface area (Å²) in [5.74, 6) is 1.94. The first-order valence-electron chi connectivity index (χ1n) is 21.6. The van der Waals surface area contributed by atoms with Crippen molar-refractivity contribution in [3.63, 3.8) is 0 Å². The fourth-order valence-electron chi connectivity index (χ4n) is 11.4. The van der Waals surface area contributed by atoms with Gasteiger partial charge < -0.3 is 14.2 Å². The average Bonchev–Trinajstić information content (AvgIpc) is 3.97. The molecule has 1 aromatic heterocycles. The minimum atomic E-state index is 0.223. The van der Waals surface area contributed by atoms with Crippen molar-refractivity contribution in [1.29, 1.82) is 0 Å². The maximum atomic E-state index is 6.47. The molecule has 0 bridgehead atoms. The van der Waals surface area contributed by atoms with Crippen molar-refractivity contribution in [3.8, 4) is 0 Å². The highest BCUT2D eigenvalue weighted by Gasteiger charge is 2.42. The summed E-state index contributed by atoms with van der Waals surface area (Å²) in [7, 11) is 0. The molecule has 7 aliphatic rings. The number of hydrogen-bond acceptors (Lipinski definition) is 4. The van der Waals surface area contributed by atoms with Crippen molar-refractivity contribution in [1.82, 2.24) is 0 Å². The van der Waals surface area contributed by atoms with Gasteiger partial charge >= 0.3 is 0 Å². The summed E-state index contributed by atoms with van der Waals surface area (Å²) in [6.07, 6.45) is 38.3. The summed E-state index contributed by atoms with van der Waals surface area (Å²) >= 11 is 2.10. The van der Waals surface area contributed by atoms with Crippen LogP contribution in [0.1, 0.15) is 61.5 Å². The van der Waals surface area contributed by atoms with Gasteiger partial charge in [-0.15, -0.1) is 11.8 Å². The third-order valence-electron chi connectivity index (χ3n) is 14.1. The Labute approximate surface area is 346 Å². The lowest BCUT2D eigenvalue weighted by molar-refractivity contribution is 0.519. The molecule has 5 aromatic rings. The molecule has 3 heterocycles. The van der Waals surface area contributed by atoms with Gasteiger partial charge in [-0.3, -0.25) is 0 Å². The van der Waals surface area contributed by atoms with Crippen LogP contribution in [0.25, 0.3) is 21.9 Å². The molecule has 0 radical (unpaired) electrons. The van der Waals surface area contributed by atoms with E-state index in [0.29, 0.717) is 41.0 Å². The zero-order valence-electron chi connectivity index (χ0n) is 32.7. The molecule has 8 unspecified atom stereocenters. The van der Waals surface area contributed by atoms with E-state index in [9.17, 15) is 0 Å². The predicted molar refractivity (Wildman–Crippen MR) is 243 cm³/mol. The van der Waals surface area contributed by atoms with Gasteiger partial charge in [0.1, 0.15) is 11.2 Å². The zero-order valence-corrected chi connectivity index (χ0v) is 33.6. The van der Waals surface area contributed by atoms with Gasteiger partial charge in [-0.05, 0) is 97.0 Å². The monoisotopic (exact) mass is 772 g/mol. The molecule has 0 amide bonds. The second-order valence-corrected chi connectivity index (χ2v) is 18.4. The van der Waals surface area contributed by atoms with Crippen molar-refractivity contribution in [3.05, 3.63) is 198 Å². The molecule has 0 spiro atoms. The predicted octanol–water partition coefficient (Wildman–Crippen LogP) is 13.5. The van der Waals surface area contributed by atoms with E-state index in [1.165, 1.54) is 49.4 Å². The van der Waals surface area contributed by atoms with E-state index in [4.69, 9.17) is 4.42 Å². The van der Waals surface area contributed by atoms with Gasteiger partial charge in [0.2, 0.25) is 0 Å². The normalized spacial score (nSPS) is 29.2. The van der Waals surface area contributed by atoms with E-state index in [2.05, 4.69) is 192 Å². The molecule has 0 saturated carbocycles. The second kappa shape index (κ2) is 14.1. The molecule has 0 N–H and O–H groups in total. The van der Waals surface area contributed by atoms with E-state index in [1.807, 2.05) is 0 Å². The maximum Gasteiger partial charge on any atom is 0.137 e. The topological polar surface area (TPSA) is 19.6 Å².